The normalized spacial score (nSPS) is 18.9. The molecule has 13 heteroatoms. The Morgan fingerprint density at radius 3 is 2.36 bits per heavy atom. The number of hydrogen-bond acceptors (Lipinski definition) is 9. The van der Waals surface area contributed by atoms with E-state index in [1.807, 2.05) is 56.1 Å². The number of thiocarbonyl (C=S) groups is 1. The van der Waals surface area contributed by atoms with Crippen molar-refractivity contribution in [2.24, 2.45) is 5.92 Å². The second-order valence-electron chi connectivity index (χ2n) is 8.22. The van der Waals surface area contributed by atoms with Crippen molar-refractivity contribution >= 4 is 85.4 Å². The predicted octanol–water partition coefficient (Wildman–Crippen LogP) is 1.94. The number of allylic oxidation sites excluding steroid dienone is 1. The number of rotatable bonds is 6. The lowest BCUT2D eigenvalue weighted by Gasteiger charge is -2.15. The van der Waals surface area contributed by atoms with Crippen LogP contribution in [0.15, 0.2) is 45.1 Å². The average molecular weight is 564 g/mol. The summed E-state index contributed by atoms with van der Waals surface area (Å²) in [7, 11) is 1.94. The van der Waals surface area contributed by atoms with Crippen molar-refractivity contribution in [3.05, 3.63) is 54.9 Å². The van der Waals surface area contributed by atoms with Crippen LogP contribution in [0.25, 0.3) is 10.5 Å². The second kappa shape index (κ2) is 10.2. The molecule has 9 nitrogen and oxygen atoms in total. The van der Waals surface area contributed by atoms with Gasteiger partial charge in [-0.2, -0.15) is 0 Å². The molecule has 3 heterocycles. The van der Waals surface area contributed by atoms with E-state index in [4.69, 9.17) is 17.3 Å². The minimum absolute atomic E-state index is 0.0404. The zero-order valence-corrected chi connectivity index (χ0v) is 22.6. The Balaban J connectivity index is 1.96. The Bertz CT molecular complexity index is 1520. The van der Waals surface area contributed by atoms with E-state index in [2.05, 4.69) is 0 Å². The van der Waals surface area contributed by atoms with Crippen molar-refractivity contribution in [2.75, 3.05) is 18.5 Å². The number of amides is 1. The van der Waals surface area contributed by atoms with Gasteiger partial charge in [-0.3, -0.25) is 28.6 Å². The summed E-state index contributed by atoms with van der Waals surface area (Å²) in [5.41, 5.74) is 1.23. The first-order chi connectivity index (χ1) is 17.0. The molecule has 0 bridgehead atoms. The van der Waals surface area contributed by atoms with Gasteiger partial charge in [-0.25, -0.2) is 0 Å². The molecular weight excluding hydrogens is 543 g/mol. The largest absolute Gasteiger partial charge is 0.480 e. The topological polar surface area (TPSA) is 120 Å². The number of hydrogen-bond donors (Lipinski definition) is 2. The molecule has 0 spiro atoms. The van der Waals surface area contributed by atoms with Gasteiger partial charge in [-0.15, -0.1) is 11.3 Å². The summed E-state index contributed by atoms with van der Waals surface area (Å²) in [6.45, 7) is 2.61. The summed E-state index contributed by atoms with van der Waals surface area (Å²) in [6, 6.07) is 7.93. The molecule has 2 aliphatic rings. The Morgan fingerprint density at radius 2 is 1.75 bits per heavy atom. The van der Waals surface area contributed by atoms with E-state index < -0.39 is 36.5 Å². The number of carbonyl (C=O) groups excluding carboxylic acids is 1. The number of anilines is 1. The molecule has 1 fully saturated rings. The molecule has 1 amide bonds. The molecular formula is C23H21N3O6S4. The fraction of sp³-hybridized carbons (Fsp3) is 0.261. The first-order valence-electron chi connectivity index (χ1n) is 10.7. The molecule has 2 aliphatic heterocycles. The lowest BCUT2D eigenvalue weighted by Crippen LogP contribution is -2.37. The Hall–Kier alpha value is -2.87. The van der Waals surface area contributed by atoms with Gasteiger partial charge in [0.2, 0.25) is 0 Å². The maximum absolute atomic E-state index is 13.5. The van der Waals surface area contributed by atoms with E-state index in [1.165, 1.54) is 0 Å². The van der Waals surface area contributed by atoms with Crippen LogP contribution in [0.5, 0.6) is 0 Å². The molecule has 2 aromatic rings. The number of carboxylic acids is 2. The fourth-order valence-corrected chi connectivity index (χ4v) is 7.53. The van der Waals surface area contributed by atoms with Gasteiger partial charge in [0.1, 0.15) is 27.0 Å². The summed E-state index contributed by atoms with van der Waals surface area (Å²) in [5, 5.41) is 19.5. The van der Waals surface area contributed by atoms with Gasteiger partial charge >= 0.3 is 11.9 Å². The van der Waals surface area contributed by atoms with Crippen LogP contribution in [0.3, 0.4) is 0 Å². The molecule has 4 rings (SSSR count). The minimum atomic E-state index is -1.24. The van der Waals surface area contributed by atoms with E-state index in [-0.39, 0.29) is 19.8 Å². The highest BCUT2D eigenvalue weighted by molar-refractivity contribution is 8.30. The molecule has 0 saturated carbocycles. The maximum atomic E-state index is 13.5. The summed E-state index contributed by atoms with van der Waals surface area (Å²) in [5.74, 6) is -3.22. The molecule has 0 unspecified atom stereocenters. The van der Waals surface area contributed by atoms with Crippen LogP contribution >= 0.6 is 47.1 Å². The van der Waals surface area contributed by atoms with E-state index >= 15 is 0 Å². The maximum Gasteiger partial charge on any atom is 0.323 e. The Morgan fingerprint density at radius 1 is 1.08 bits per heavy atom. The number of aliphatic carboxylic acids is 2. The first-order valence-corrected chi connectivity index (χ1v) is 13.5. The van der Waals surface area contributed by atoms with Crippen LogP contribution in [-0.4, -0.2) is 55.4 Å². The third-order valence-corrected chi connectivity index (χ3v) is 9.41. The molecule has 0 aliphatic carbocycles. The predicted molar refractivity (Wildman–Crippen MR) is 145 cm³/mol. The molecule has 36 heavy (non-hydrogen) atoms. The van der Waals surface area contributed by atoms with Crippen molar-refractivity contribution in [3.8, 4) is 0 Å². The zero-order valence-electron chi connectivity index (χ0n) is 19.4. The Labute approximate surface area is 223 Å². The van der Waals surface area contributed by atoms with Crippen LogP contribution in [0, 0.1) is 5.92 Å². The van der Waals surface area contributed by atoms with Gasteiger partial charge in [0.05, 0.1) is 15.2 Å². The highest BCUT2D eigenvalue weighted by Gasteiger charge is 2.35. The van der Waals surface area contributed by atoms with E-state index in [9.17, 15) is 24.3 Å². The van der Waals surface area contributed by atoms with Crippen LogP contribution in [-0.2, 0) is 20.9 Å². The molecule has 1 aromatic carbocycles. The summed E-state index contributed by atoms with van der Waals surface area (Å²) >= 11 is 8.64. The summed E-state index contributed by atoms with van der Waals surface area (Å²) < 4.78 is 1.56. The quantitative estimate of drug-likeness (QED) is 0.505. The number of aromatic nitrogens is 1. The number of fused-ring (bicyclic) bond motifs is 1. The van der Waals surface area contributed by atoms with Crippen molar-refractivity contribution in [3.63, 3.8) is 0 Å². The van der Waals surface area contributed by atoms with Gasteiger partial charge < -0.3 is 15.1 Å². The highest BCUT2D eigenvalue weighted by Crippen LogP contribution is 2.45. The SMILES string of the molecule is CC(C)/C(C=C1Sc2ccccc2N1C)=c1\s/c(=C2\SC(=S)N(CC(=O)O)C2=O)n(CC(=O)O)c1=O. The number of carbonyl (C=O) groups is 3. The average Bonchev–Trinajstić information content (AvgIpc) is 3.39. The fourth-order valence-electron chi connectivity index (χ4n) is 3.71. The van der Waals surface area contributed by atoms with Crippen molar-refractivity contribution < 1.29 is 24.6 Å². The molecule has 0 radical (unpaired) electrons. The van der Waals surface area contributed by atoms with Gasteiger partial charge in [-0.1, -0.05) is 61.7 Å². The van der Waals surface area contributed by atoms with Crippen molar-refractivity contribution in [1.82, 2.24) is 9.47 Å². The summed E-state index contributed by atoms with van der Waals surface area (Å²) in [4.78, 5) is 53.4. The summed E-state index contributed by atoms with van der Waals surface area (Å²) in [6.07, 6.45) is 1.92. The number of nitrogens with zero attached hydrogens (tertiary/aromatic N) is 3. The lowest BCUT2D eigenvalue weighted by molar-refractivity contribution is -0.140. The highest BCUT2D eigenvalue weighted by atomic mass is 32.2. The number of benzene rings is 1. The zero-order chi connectivity index (χ0) is 26.3. The van der Waals surface area contributed by atoms with Gasteiger partial charge in [0, 0.05) is 11.9 Å². The van der Waals surface area contributed by atoms with E-state index in [0.29, 0.717) is 10.1 Å². The molecule has 188 valence electrons. The molecule has 1 aromatic heterocycles. The second-order valence-corrected chi connectivity index (χ2v) is 11.9. The number of para-hydroxylation sites is 1. The van der Waals surface area contributed by atoms with Crippen molar-refractivity contribution in [2.45, 2.75) is 25.3 Å². The van der Waals surface area contributed by atoms with Gasteiger partial charge in [0.25, 0.3) is 11.5 Å². The minimum Gasteiger partial charge on any atom is -0.480 e. The van der Waals surface area contributed by atoms with Gasteiger partial charge in [-0.05, 0) is 29.7 Å². The number of carboxylic acid groups (broad SMARTS) is 2. The smallest absolute Gasteiger partial charge is 0.323 e. The van der Waals surface area contributed by atoms with Crippen LogP contribution in [0.1, 0.15) is 13.8 Å². The standard InChI is InChI=1S/C23H21N3O6S4/c1-11(2)12(8-15-24(3)13-6-4-5-7-14(13)34-15)18-20(31)25(9-16(27)28)22(35-18)19-21(32)26(10-17(29)30)23(33)36-19/h4-8,11H,9-10H2,1-3H3,(H,27,28)(H,29,30)/b15-8?,18-12-,22-19-. The van der Waals surface area contributed by atoms with E-state index in [0.717, 1.165) is 48.2 Å². The van der Waals surface area contributed by atoms with Crippen LogP contribution in [0.2, 0.25) is 0 Å². The van der Waals surface area contributed by atoms with Crippen LogP contribution < -0.4 is 19.7 Å². The number of thioether (sulfide) groups is 2. The number of thiazole rings is 1. The monoisotopic (exact) mass is 563 g/mol. The molecule has 2 N–H and O–H groups in total. The molecule has 0 atom stereocenters. The van der Waals surface area contributed by atoms with Gasteiger partial charge in [0.15, 0.2) is 0 Å². The van der Waals surface area contributed by atoms with Crippen molar-refractivity contribution in [1.29, 1.82) is 0 Å². The third-order valence-electron chi connectivity index (χ3n) is 5.45. The lowest BCUT2D eigenvalue weighted by atomic mass is 10.0. The molecule has 1 saturated heterocycles. The first kappa shape index (κ1) is 26.2. The third kappa shape index (κ3) is 4.88. The van der Waals surface area contributed by atoms with E-state index in [1.54, 1.807) is 11.8 Å². The Kier molecular flexibility index (Phi) is 7.46. The van der Waals surface area contributed by atoms with Crippen LogP contribution in [0.4, 0.5) is 5.69 Å².